The fourth-order valence-corrected chi connectivity index (χ4v) is 1.03. The van der Waals surface area contributed by atoms with Gasteiger partial charge in [-0.2, -0.15) is 10.2 Å². The van der Waals surface area contributed by atoms with Crippen molar-refractivity contribution in [2.75, 3.05) is 7.05 Å². The van der Waals surface area contributed by atoms with Crippen LogP contribution in [0.1, 0.15) is 11.1 Å². The van der Waals surface area contributed by atoms with Crippen LogP contribution in [0, 0.1) is 13.8 Å². The molecule has 0 heterocycles. The lowest BCUT2D eigenvalue weighted by Crippen LogP contribution is -1.75. The van der Waals surface area contributed by atoms with Crippen LogP contribution in [-0.2, 0) is 0 Å². The summed E-state index contributed by atoms with van der Waals surface area (Å²) < 4.78 is 0. The van der Waals surface area contributed by atoms with Gasteiger partial charge in [-0.05, 0) is 25.5 Å². The van der Waals surface area contributed by atoms with E-state index in [-0.39, 0.29) is 0 Å². The second kappa shape index (κ2) is 3.28. The van der Waals surface area contributed by atoms with Crippen LogP contribution in [0.15, 0.2) is 28.4 Å². The molecule has 0 bridgehead atoms. The van der Waals surface area contributed by atoms with Crippen molar-refractivity contribution >= 4 is 5.69 Å². The van der Waals surface area contributed by atoms with E-state index in [2.05, 4.69) is 23.2 Å². The quantitative estimate of drug-likeness (QED) is 0.547. The molecule has 0 fully saturated rings. The molecule has 1 rings (SSSR count). The number of aryl methyl sites for hydroxylation is 2. The Hall–Kier alpha value is -1.18. The normalized spacial score (nSPS) is 10.8. The van der Waals surface area contributed by atoms with Crippen molar-refractivity contribution in [2.24, 2.45) is 10.2 Å². The van der Waals surface area contributed by atoms with Crippen molar-refractivity contribution in [3.63, 3.8) is 0 Å². The lowest BCUT2D eigenvalue weighted by Gasteiger charge is -1.98. The molecule has 0 aromatic heterocycles. The van der Waals surface area contributed by atoms with Crippen LogP contribution in [0.4, 0.5) is 5.69 Å². The first-order valence-corrected chi connectivity index (χ1v) is 3.61. The van der Waals surface area contributed by atoms with E-state index >= 15 is 0 Å². The minimum absolute atomic E-state index is 0.957. The summed E-state index contributed by atoms with van der Waals surface area (Å²) in [5, 5.41) is 7.69. The molecular weight excluding hydrogens is 136 g/mol. The Morgan fingerprint density at radius 3 is 2.45 bits per heavy atom. The van der Waals surface area contributed by atoms with E-state index in [0.29, 0.717) is 0 Å². The Morgan fingerprint density at radius 2 is 1.91 bits per heavy atom. The maximum absolute atomic E-state index is 3.97. The number of hydrogen-bond donors (Lipinski definition) is 0. The molecule has 0 atom stereocenters. The van der Waals surface area contributed by atoms with Crippen LogP contribution >= 0.6 is 0 Å². The van der Waals surface area contributed by atoms with Gasteiger partial charge in [0.2, 0.25) is 0 Å². The van der Waals surface area contributed by atoms with Crippen molar-refractivity contribution in [1.29, 1.82) is 0 Å². The molecule has 0 unspecified atom stereocenters. The van der Waals surface area contributed by atoms with E-state index in [1.807, 2.05) is 19.1 Å². The lowest BCUT2D eigenvalue weighted by molar-refractivity contribution is 1.15. The average Bonchev–Trinajstić information content (AvgIpc) is 1.95. The average molecular weight is 148 g/mol. The summed E-state index contributed by atoms with van der Waals surface area (Å²) in [7, 11) is 1.68. The third kappa shape index (κ3) is 1.87. The monoisotopic (exact) mass is 148 g/mol. The highest BCUT2D eigenvalue weighted by molar-refractivity contribution is 5.46. The predicted molar refractivity (Wildman–Crippen MR) is 46.4 cm³/mol. The van der Waals surface area contributed by atoms with Gasteiger partial charge in [0.05, 0.1) is 5.69 Å². The molecule has 0 saturated heterocycles. The fraction of sp³-hybridized carbons (Fsp3) is 0.333. The summed E-state index contributed by atoms with van der Waals surface area (Å²) >= 11 is 0. The van der Waals surface area contributed by atoms with Crippen molar-refractivity contribution in [1.82, 2.24) is 0 Å². The Morgan fingerprint density at radius 1 is 1.18 bits per heavy atom. The zero-order valence-corrected chi connectivity index (χ0v) is 7.13. The molecule has 0 aliphatic heterocycles. The van der Waals surface area contributed by atoms with E-state index in [9.17, 15) is 0 Å². The van der Waals surface area contributed by atoms with Gasteiger partial charge in [-0.25, -0.2) is 0 Å². The maximum atomic E-state index is 3.97. The summed E-state index contributed by atoms with van der Waals surface area (Å²) in [6.07, 6.45) is 0. The summed E-state index contributed by atoms with van der Waals surface area (Å²) in [6.45, 7) is 4.11. The van der Waals surface area contributed by atoms with Gasteiger partial charge in [0, 0.05) is 7.05 Å². The Bertz CT molecular complexity index is 277. The molecule has 0 aliphatic carbocycles. The largest absolute Gasteiger partial charge is 0.192 e. The molecule has 1 aromatic carbocycles. The molecule has 2 nitrogen and oxygen atoms in total. The van der Waals surface area contributed by atoms with Gasteiger partial charge in [0.25, 0.3) is 0 Å². The molecule has 0 spiro atoms. The molecular formula is C9H12N2. The highest BCUT2D eigenvalue weighted by Crippen LogP contribution is 2.19. The van der Waals surface area contributed by atoms with Crippen molar-refractivity contribution in [2.45, 2.75) is 13.8 Å². The van der Waals surface area contributed by atoms with Gasteiger partial charge in [-0.15, -0.1) is 0 Å². The third-order valence-corrected chi connectivity index (χ3v) is 1.56. The zero-order valence-electron chi connectivity index (χ0n) is 7.13. The molecule has 2 heteroatoms. The van der Waals surface area contributed by atoms with Crippen molar-refractivity contribution in [3.05, 3.63) is 29.3 Å². The van der Waals surface area contributed by atoms with Gasteiger partial charge >= 0.3 is 0 Å². The highest BCUT2D eigenvalue weighted by atomic mass is 15.1. The second-order valence-electron chi connectivity index (χ2n) is 2.59. The van der Waals surface area contributed by atoms with Crippen LogP contribution < -0.4 is 0 Å². The number of benzene rings is 1. The lowest BCUT2D eigenvalue weighted by atomic mass is 10.1. The summed E-state index contributed by atoms with van der Waals surface area (Å²) in [6, 6.07) is 6.12. The van der Waals surface area contributed by atoms with E-state index in [0.717, 1.165) is 5.69 Å². The Balaban J connectivity index is 3.09. The Labute approximate surface area is 67.0 Å². The van der Waals surface area contributed by atoms with Crippen LogP contribution in [0.5, 0.6) is 0 Å². The van der Waals surface area contributed by atoms with Crippen molar-refractivity contribution < 1.29 is 0 Å². The standard InChI is InChI=1S/C9H12N2/c1-7-4-5-9(11-10-3)8(2)6-7/h4-6H,1-3H3/b11-10+. The first kappa shape index (κ1) is 7.92. The summed E-state index contributed by atoms with van der Waals surface area (Å²) in [4.78, 5) is 0. The number of nitrogens with zero attached hydrogens (tertiary/aromatic N) is 2. The maximum Gasteiger partial charge on any atom is 0.0881 e. The molecule has 0 amide bonds. The van der Waals surface area contributed by atoms with Crippen LogP contribution in [0.25, 0.3) is 0 Å². The molecule has 0 saturated carbocycles. The van der Waals surface area contributed by atoms with E-state index in [1.54, 1.807) is 7.05 Å². The molecule has 0 N–H and O–H groups in total. The smallest absolute Gasteiger partial charge is 0.0881 e. The molecule has 0 aliphatic rings. The second-order valence-corrected chi connectivity index (χ2v) is 2.59. The van der Waals surface area contributed by atoms with Gasteiger partial charge in [0.15, 0.2) is 0 Å². The first-order valence-electron chi connectivity index (χ1n) is 3.61. The minimum atomic E-state index is 0.957. The Kier molecular flexibility index (Phi) is 2.36. The van der Waals surface area contributed by atoms with Gasteiger partial charge in [-0.1, -0.05) is 17.7 Å². The SMILES string of the molecule is C/N=N/c1ccc(C)cc1C. The number of hydrogen-bond acceptors (Lipinski definition) is 2. The molecule has 58 valence electrons. The number of azo groups is 1. The third-order valence-electron chi connectivity index (χ3n) is 1.56. The fourth-order valence-electron chi connectivity index (χ4n) is 1.03. The first-order chi connectivity index (χ1) is 5.24. The summed E-state index contributed by atoms with van der Waals surface area (Å²) in [5.74, 6) is 0. The van der Waals surface area contributed by atoms with Gasteiger partial charge in [-0.3, -0.25) is 0 Å². The van der Waals surface area contributed by atoms with Crippen molar-refractivity contribution in [3.8, 4) is 0 Å². The van der Waals surface area contributed by atoms with Crippen LogP contribution in [-0.4, -0.2) is 7.05 Å². The highest BCUT2D eigenvalue weighted by Gasteiger charge is 1.94. The minimum Gasteiger partial charge on any atom is -0.192 e. The number of rotatable bonds is 1. The van der Waals surface area contributed by atoms with Crippen LogP contribution in [0.2, 0.25) is 0 Å². The van der Waals surface area contributed by atoms with Crippen LogP contribution in [0.3, 0.4) is 0 Å². The van der Waals surface area contributed by atoms with Gasteiger partial charge < -0.3 is 0 Å². The topological polar surface area (TPSA) is 24.7 Å². The predicted octanol–water partition coefficient (Wildman–Crippen LogP) is 3.02. The molecule has 11 heavy (non-hydrogen) atoms. The zero-order chi connectivity index (χ0) is 8.27. The molecule has 1 aromatic rings. The van der Waals surface area contributed by atoms with E-state index in [4.69, 9.17) is 0 Å². The van der Waals surface area contributed by atoms with Gasteiger partial charge in [0.1, 0.15) is 0 Å². The van der Waals surface area contributed by atoms with E-state index in [1.165, 1.54) is 11.1 Å². The summed E-state index contributed by atoms with van der Waals surface area (Å²) in [5.41, 5.74) is 3.39. The van der Waals surface area contributed by atoms with E-state index < -0.39 is 0 Å². The molecule has 0 radical (unpaired) electrons.